The largest absolute Gasteiger partial charge is 0.483 e. The molecule has 28 heavy (non-hydrogen) atoms. The Morgan fingerprint density at radius 3 is 2.54 bits per heavy atom. The second kappa shape index (κ2) is 9.27. The summed E-state index contributed by atoms with van der Waals surface area (Å²) in [5.41, 5.74) is 6.56. The van der Waals surface area contributed by atoms with Gasteiger partial charge in [-0.15, -0.1) is 11.8 Å². The van der Waals surface area contributed by atoms with Gasteiger partial charge in [0.15, 0.2) is 6.61 Å². The average molecular weight is 399 g/mol. The molecule has 0 spiro atoms. The molecule has 3 rings (SSSR count). The number of para-hydroxylation sites is 1. The van der Waals surface area contributed by atoms with Crippen LogP contribution in [-0.4, -0.2) is 46.9 Å². The first kappa shape index (κ1) is 19.8. The third-order valence-corrected chi connectivity index (χ3v) is 5.26. The molecule has 8 heteroatoms. The smallest absolute Gasteiger partial charge is 0.276 e. The third-order valence-electron chi connectivity index (χ3n) is 4.25. The van der Waals surface area contributed by atoms with E-state index in [4.69, 9.17) is 4.74 Å². The van der Waals surface area contributed by atoms with E-state index in [1.165, 1.54) is 23.6 Å². The Morgan fingerprint density at radius 2 is 1.79 bits per heavy atom. The third kappa shape index (κ3) is 4.83. The van der Waals surface area contributed by atoms with Gasteiger partial charge in [-0.25, -0.2) is 0 Å². The minimum absolute atomic E-state index is 0.169. The first-order chi connectivity index (χ1) is 13.6. The van der Waals surface area contributed by atoms with E-state index in [9.17, 15) is 14.4 Å². The standard InChI is InChI=1S/C20H21N3O4S/c1-14(24)23-13-28-12-17(23)20(26)22-21-19(25)11-27-18-10-6-5-9-16(18)15-7-3-2-4-8-15/h2-10,17H,11-13H2,1H3,(H,21,25)(H,22,26)/t17-/m1/s1. The molecule has 0 aliphatic carbocycles. The maximum Gasteiger partial charge on any atom is 0.276 e. The summed E-state index contributed by atoms with van der Waals surface area (Å²) in [6.07, 6.45) is 0. The monoisotopic (exact) mass is 399 g/mol. The fourth-order valence-electron chi connectivity index (χ4n) is 2.81. The zero-order chi connectivity index (χ0) is 19.9. The molecular weight excluding hydrogens is 378 g/mol. The molecule has 0 radical (unpaired) electrons. The maximum absolute atomic E-state index is 12.2. The molecule has 1 atom stereocenters. The van der Waals surface area contributed by atoms with Crippen molar-refractivity contribution in [3.63, 3.8) is 0 Å². The number of thioether (sulfide) groups is 1. The van der Waals surface area contributed by atoms with Crippen molar-refractivity contribution in [3.8, 4) is 16.9 Å². The molecule has 0 bridgehead atoms. The van der Waals surface area contributed by atoms with Crippen LogP contribution in [-0.2, 0) is 14.4 Å². The summed E-state index contributed by atoms with van der Waals surface area (Å²) in [5.74, 6) is 0.472. The lowest BCUT2D eigenvalue weighted by atomic mass is 10.1. The van der Waals surface area contributed by atoms with E-state index in [1.54, 1.807) is 6.07 Å². The quantitative estimate of drug-likeness (QED) is 0.749. The summed E-state index contributed by atoms with van der Waals surface area (Å²) in [6.45, 7) is 1.17. The topological polar surface area (TPSA) is 87.7 Å². The van der Waals surface area contributed by atoms with Crippen LogP contribution in [0.25, 0.3) is 11.1 Å². The number of hydrogen-bond donors (Lipinski definition) is 2. The van der Waals surface area contributed by atoms with E-state index in [-0.39, 0.29) is 12.5 Å². The molecule has 1 fully saturated rings. The molecule has 7 nitrogen and oxygen atoms in total. The van der Waals surface area contributed by atoms with Crippen molar-refractivity contribution in [1.82, 2.24) is 15.8 Å². The van der Waals surface area contributed by atoms with Crippen molar-refractivity contribution >= 4 is 29.5 Å². The number of rotatable bonds is 5. The maximum atomic E-state index is 12.2. The van der Waals surface area contributed by atoms with Gasteiger partial charge >= 0.3 is 0 Å². The summed E-state index contributed by atoms with van der Waals surface area (Å²) in [4.78, 5) is 37.3. The highest BCUT2D eigenvalue weighted by Gasteiger charge is 2.33. The number of amides is 3. The molecular formula is C20H21N3O4S. The van der Waals surface area contributed by atoms with E-state index in [0.29, 0.717) is 17.4 Å². The summed E-state index contributed by atoms with van der Waals surface area (Å²) in [5, 5.41) is 0. The van der Waals surface area contributed by atoms with Crippen molar-refractivity contribution in [3.05, 3.63) is 54.6 Å². The highest BCUT2D eigenvalue weighted by atomic mass is 32.2. The fourth-order valence-corrected chi connectivity index (χ4v) is 4.03. The van der Waals surface area contributed by atoms with Gasteiger partial charge in [0.1, 0.15) is 11.8 Å². The van der Waals surface area contributed by atoms with Gasteiger partial charge in [-0.3, -0.25) is 25.2 Å². The molecule has 2 aromatic carbocycles. The zero-order valence-corrected chi connectivity index (χ0v) is 16.2. The number of hydrogen-bond acceptors (Lipinski definition) is 5. The fraction of sp³-hybridized carbons (Fsp3) is 0.250. The number of carbonyl (C=O) groups excluding carboxylic acids is 3. The van der Waals surface area contributed by atoms with Gasteiger partial charge in [0.05, 0.1) is 5.88 Å². The van der Waals surface area contributed by atoms with Gasteiger partial charge in [0.25, 0.3) is 11.8 Å². The average Bonchev–Trinajstić information content (AvgIpc) is 3.22. The van der Waals surface area contributed by atoms with Gasteiger partial charge in [-0.1, -0.05) is 48.5 Å². The Balaban J connectivity index is 1.53. The van der Waals surface area contributed by atoms with Gasteiger partial charge in [-0.2, -0.15) is 0 Å². The van der Waals surface area contributed by atoms with E-state index in [0.717, 1.165) is 11.1 Å². The first-order valence-electron chi connectivity index (χ1n) is 8.77. The molecule has 1 saturated heterocycles. The number of hydrazine groups is 1. The molecule has 2 N–H and O–H groups in total. The van der Waals surface area contributed by atoms with Crippen molar-refractivity contribution in [2.24, 2.45) is 0 Å². The van der Waals surface area contributed by atoms with Crippen molar-refractivity contribution in [2.45, 2.75) is 13.0 Å². The van der Waals surface area contributed by atoms with E-state index in [2.05, 4.69) is 10.9 Å². The molecule has 1 aliphatic rings. The van der Waals surface area contributed by atoms with Crippen molar-refractivity contribution in [1.29, 1.82) is 0 Å². The molecule has 2 aromatic rings. The van der Waals surface area contributed by atoms with Crippen molar-refractivity contribution in [2.75, 3.05) is 18.2 Å². The lowest BCUT2D eigenvalue weighted by Crippen LogP contribution is -2.52. The van der Waals surface area contributed by atoms with Crippen LogP contribution in [0.5, 0.6) is 5.75 Å². The number of benzene rings is 2. The Hall–Kier alpha value is -3.00. The van der Waals surface area contributed by atoms with Gasteiger partial charge in [0.2, 0.25) is 5.91 Å². The normalized spacial score (nSPS) is 15.8. The lowest BCUT2D eigenvalue weighted by Gasteiger charge is -2.21. The van der Waals surface area contributed by atoms with Crippen molar-refractivity contribution < 1.29 is 19.1 Å². The summed E-state index contributed by atoms with van der Waals surface area (Å²) in [7, 11) is 0. The molecule has 0 saturated carbocycles. The molecule has 0 aromatic heterocycles. The highest BCUT2D eigenvalue weighted by Crippen LogP contribution is 2.29. The van der Waals surface area contributed by atoms with Crippen LogP contribution in [0.2, 0.25) is 0 Å². The van der Waals surface area contributed by atoms with E-state index in [1.807, 2.05) is 48.5 Å². The number of carbonyl (C=O) groups is 3. The summed E-state index contributed by atoms with van der Waals surface area (Å²) < 4.78 is 5.64. The molecule has 1 heterocycles. The second-order valence-electron chi connectivity index (χ2n) is 6.19. The van der Waals surface area contributed by atoms with Crippen LogP contribution < -0.4 is 15.6 Å². The minimum atomic E-state index is -0.581. The first-order valence-corrected chi connectivity index (χ1v) is 9.92. The van der Waals surface area contributed by atoms with E-state index >= 15 is 0 Å². The summed E-state index contributed by atoms with van der Waals surface area (Å²) in [6, 6.07) is 16.6. The van der Waals surface area contributed by atoms with E-state index < -0.39 is 17.9 Å². The Labute approximate surface area is 167 Å². The Morgan fingerprint density at radius 1 is 1.07 bits per heavy atom. The molecule has 1 aliphatic heterocycles. The lowest BCUT2D eigenvalue weighted by molar-refractivity contribution is -0.138. The van der Waals surface area contributed by atoms with Crippen LogP contribution in [0.3, 0.4) is 0 Å². The van der Waals surface area contributed by atoms with Gasteiger partial charge < -0.3 is 9.64 Å². The Bertz CT molecular complexity index is 860. The molecule has 146 valence electrons. The minimum Gasteiger partial charge on any atom is -0.483 e. The second-order valence-corrected chi connectivity index (χ2v) is 7.19. The zero-order valence-electron chi connectivity index (χ0n) is 15.4. The predicted molar refractivity (Wildman–Crippen MR) is 107 cm³/mol. The van der Waals surface area contributed by atoms with Crippen LogP contribution in [0, 0.1) is 0 Å². The number of nitrogens with one attached hydrogen (secondary N) is 2. The predicted octanol–water partition coefficient (Wildman–Crippen LogP) is 1.80. The number of ether oxygens (including phenoxy) is 1. The van der Waals surface area contributed by atoms with Crippen LogP contribution >= 0.6 is 11.8 Å². The highest BCUT2D eigenvalue weighted by molar-refractivity contribution is 7.99. The van der Waals surface area contributed by atoms with Gasteiger partial charge in [0, 0.05) is 18.2 Å². The molecule has 0 unspecified atom stereocenters. The van der Waals surface area contributed by atoms with Crippen LogP contribution in [0.1, 0.15) is 6.92 Å². The van der Waals surface area contributed by atoms with Crippen LogP contribution in [0.15, 0.2) is 54.6 Å². The molecule has 3 amide bonds. The number of nitrogens with zero attached hydrogens (tertiary/aromatic N) is 1. The Kier molecular flexibility index (Phi) is 6.54. The van der Waals surface area contributed by atoms with Gasteiger partial charge in [-0.05, 0) is 11.6 Å². The summed E-state index contributed by atoms with van der Waals surface area (Å²) >= 11 is 1.50. The van der Waals surface area contributed by atoms with Crippen LogP contribution in [0.4, 0.5) is 0 Å². The SMILES string of the molecule is CC(=O)N1CSC[C@@H]1C(=O)NNC(=O)COc1ccccc1-c1ccccc1.